The Morgan fingerprint density at radius 3 is 2.62 bits per heavy atom. The maximum atomic E-state index is 13.5. The molecule has 0 unspecified atom stereocenters. The fourth-order valence-electron chi connectivity index (χ4n) is 4.38. The molecule has 2 aromatic rings. The molecule has 1 atom stereocenters. The fourth-order valence-corrected chi connectivity index (χ4v) is 4.38. The number of ketones is 1. The third-order valence-electron chi connectivity index (χ3n) is 5.93. The number of benzene rings is 1. The highest BCUT2D eigenvalue weighted by atomic mass is 16.5. The largest absolute Gasteiger partial charge is 0.497 e. The molecule has 7 nitrogen and oxygen atoms in total. The van der Waals surface area contributed by atoms with E-state index < -0.39 is 5.92 Å². The summed E-state index contributed by atoms with van der Waals surface area (Å²) in [5.41, 5.74) is 4.45. The highest BCUT2D eigenvalue weighted by molar-refractivity contribution is 6.09. The van der Waals surface area contributed by atoms with Gasteiger partial charge in [0.05, 0.1) is 20.1 Å². The van der Waals surface area contributed by atoms with E-state index in [2.05, 4.69) is 15.6 Å². The minimum absolute atomic E-state index is 0.0490. The summed E-state index contributed by atoms with van der Waals surface area (Å²) >= 11 is 0. The van der Waals surface area contributed by atoms with Crippen LogP contribution in [0.1, 0.15) is 43.2 Å². The number of carbonyl (C=O) groups is 2. The van der Waals surface area contributed by atoms with Crippen molar-refractivity contribution in [3.8, 4) is 11.5 Å². The van der Waals surface area contributed by atoms with E-state index in [4.69, 9.17) is 9.47 Å². The van der Waals surface area contributed by atoms with E-state index in [1.165, 1.54) is 0 Å². The molecule has 0 saturated carbocycles. The van der Waals surface area contributed by atoms with Gasteiger partial charge in [-0.1, -0.05) is 12.1 Å². The van der Waals surface area contributed by atoms with Gasteiger partial charge in [-0.2, -0.15) is 0 Å². The summed E-state index contributed by atoms with van der Waals surface area (Å²) in [6.07, 6.45) is 3.72. The number of hydrogen-bond acceptors (Lipinski definition) is 6. The van der Waals surface area contributed by atoms with Crippen LogP contribution in [0.25, 0.3) is 0 Å². The van der Waals surface area contributed by atoms with Crippen molar-refractivity contribution in [3.05, 3.63) is 70.2 Å². The molecule has 7 heteroatoms. The molecule has 2 aliphatic rings. The Kier molecular flexibility index (Phi) is 5.99. The van der Waals surface area contributed by atoms with E-state index in [9.17, 15) is 9.59 Å². The van der Waals surface area contributed by atoms with Crippen molar-refractivity contribution in [1.82, 2.24) is 10.3 Å². The van der Waals surface area contributed by atoms with Crippen LogP contribution in [0.4, 0.5) is 5.82 Å². The molecule has 166 valence electrons. The quantitative estimate of drug-likeness (QED) is 0.741. The lowest BCUT2D eigenvalue weighted by molar-refractivity contribution is -0.116. The lowest BCUT2D eigenvalue weighted by Gasteiger charge is -2.35. The Balaban J connectivity index is 1.83. The van der Waals surface area contributed by atoms with Crippen LogP contribution in [0.15, 0.2) is 59.1 Å². The Morgan fingerprint density at radius 1 is 1.12 bits per heavy atom. The van der Waals surface area contributed by atoms with Gasteiger partial charge in [0, 0.05) is 46.8 Å². The zero-order valence-electron chi connectivity index (χ0n) is 18.7. The van der Waals surface area contributed by atoms with Gasteiger partial charge in [-0.25, -0.2) is 4.98 Å². The summed E-state index contributed by atoms with van der Waals surface area (Å²) < 4.78 is 11.0. The maximum absolute atomic E-state index is 13.5. The van der Waals surface area contributed by atoms with Crippen LogP contribution in [-0.2, 0) is 9.59 Å². The number of aromatic nitrogens is 1. The topological polar surface area (TPSA) is 89.5 Å². The maximum Gasteiger partial charge on any atom is 0.255 e. The monoisotopic (exact) mass is 433 g/mol. The van der Waals surface area contributed by atoms with Crippen LogP contribution < -0.4 is 20.1 Å². The van der Waals surface area contributed by atoms with Gasteiger partial charge in [0.25, 0.3) is 5.91 Å². The number of nitrogens with one attached hydrogen (secondary N) is 2. The third-order valence-corrected chi connectivity index (χ3v) is 5.93. The smallest absolute Gasteiger partial charge is 0.255 e. The number of allylic oxidation sites excluding steroid dienone is 3. The van der Waals surface area contributed by atoms with Crippen molar-refractivity contribution in [2.24, 2.45) is 0 Å². The van der Waals surface area contributed by atoms with Gasteiger partial charge in [-0.3, -0.25) is 9.59 Å². The third kappa shape index (κ3) is 3.98. The number of amides is 1. The molecule has 0 radical (unpaired) electrons. The molecule has 2 N–H and O–H groups in total. The minimum Gasteiger partial charge on any atom is -0.497 e. The molecule has 1 aliphatic carbocycles. The Bertz CT molecular complexity index is 1130. The first-order valence-electron chi connectivity index (χ1n) is 10.6. The minimum atomic E-state index is -0.551. The van der Waals surface area contributed by atoms with Crippen LogP contribution in [0.5, 0.6) is 11.5 Å². The normalized spacial score (nSPS) is 18.1. The van der Waals surface area contributed by atoms with Crippen molar-refractivity contribution in [3.63, 3.8) is 0 Å². The fraction of sp³-hybridized carbons (Fsp3) is 0.320. The van der Waals surface area contributed by atoms with Crippen molar-refractivity contribution in [2.45, 2.75) is 39.0 Å². The number of nitrogens with zero attached hydrogens (tertiary/aromatic N) is 1. The van der Waals surface area contributed by atoms with Crippen LogP contribution in [-0.4, -0.2) is 30.9 Å². The summed E-state index contributed by atoms with van der Waals surface area (Å²) in [5.74, 6) is 0.848. The molecule has 0 fully saturated rings. The molecular formula is C25H27N3O4. The van der Waals surface area contributed by atoms with Gasteiger partial charge in [0.15, 0.2) is 5.78 Å². The standard InChI is InChI=1S/C25H27N3O4/c1-14-8-11-21(26-13-14)28-25(30)22-15(2)27-18-6-5-7-19(29)24(18)23(22)17-10-9-16(31-3)12-20(17)32-4/h8-13,23,27H,5-7H2,1-4H3,(H,26,28,30)/t23-/m0/s1. The first-order chi connectivity index (χ1) is 15.4. The zero-order valence-corrected chi connectivity index (χ0v) is 18.7. The van der Waals surface area contributed by atoms with Gasteiger partial charge in [-0.05, 0) is 44.4 Å². The number of anilines is 1. The molecule has 1 amide bonds. The second kappa shape index (κ2) is 8.86. The second-order valence-electron chi connectivity index (χ2n) is 8.05. The van der Waals surface area contributed by atoms with E-state index in [-0.39, 0.29) is 11.7 Å². The van der Waals surface area contributed by atoms with Gasteiger partial charge in [-0.15, -0.1) is 0 Å². The molecule has 0 bridgehead atoms. The number of ether oxygens (including phenoxy) is 2. The summed E-state index contributed by atoms with van der Waals surface area (Å²) in [7, 11) is 3.16. The number of Topliss-reactive ketones (excluding diaryl/α,β-unsaturated/α-hetero) is 1. The number of pyridine rings is 1. The molecular weight excluding hydrogens is 406 g/mol. The van der Waals surface area contributed by atoms with Crippen molar-refractivity contribution >= 4 is 17.5 Å². The first kappa shape index (κ1) is 21.6. The average molecular weight is 434 g/mol. The van der Waals surface area contributed by atoms with E-state index in [0.29, 0.717) is 40.6 Å². The average Bonchev–Trinajstić information content (AvgIpc) is 2.79. The summed E-state index contributed by atoms with van der Waals surface area (Å²) in [4.78, 5) is 30.9. The van der Waals surface area contributed by atoms with Crippen LogP contribution in [0, 0.1) is 6.92 Å². The van der Waals surface area contributed by atoms with Crippen molar-refractivity contribution < 1.29 is 19.1 Å². The number of hydrogen-bond donors (Lipinski definition) is 2. The summed E-state index contributed by atoms with van der Waals surface area (Å²) in [6, 6.07) is 9.11. The van der Waals surface area contributed by atoms with Crippen molar-refractivity contribution in [2.75, 3.05) is 19.5 Å². The van der Waals surface area contributed by atoms with E-state index in [1.807, 2.05) is 32.0 Å². The van der Waals surface area contributed by atoms with Crippen LogP contribution >= 0.6 is 0 Å². The number of carbonyl (C=O) groups excluding carboxylic acids is 2. The summed E-state index contributed by atoms with van der Waals surface area (Å²) in [6.45, 7) is 3.80. The molecule has 4 rings (SSSR count). The lowest BCUT2D eigenvalue weighted by Crippen LogP contribution is -2.35. The number of methoxy groups -OCH3 is 2. The number of dihydropyridines is 1. The highest BCUT2D eigenvalue weighted by Gasteiger charge is 2.39. The predicted molar refractivity (Wildman–Crippen MR) is 122 cm³/mol. The first-order valence-corrected chi connectivity index (χ1v) is 10.6. The van der Waals surface area contributed by atoms with Crippen LogP contribution in [0.3, 0.4) is 0 Å². The van der Waals surface area contributed by atoms with Gasteiger partial charge < -0.3 is 20.1 Å². The SMILES string of the molecule is COc1ccc([C@H]2C(C(=O)Nc3ccc(C)cn3)=C(C)NC3=C2C(=O)CCC3)c(OC)c1. The highest BCUT2D eigenvalue weighted by Crippen LogP contribution is 2.45. The summed E-state index contributed by atoms with van der Waals surface area (Å²) in [5, 5.41) is 6.22. The number of rotatable bonds is 5. The zero-order chi connectivity index (χ0) is 22.8. The van der Waals surface area contributed by atoms with E-state index >= 15 is 0 Å². The van der Waals surface area contributed by atoms with Gasteiger partial charge in [0.2, 0.25) is 0 Å². The second-order valence-corrected chi connectivity index (χ2v) is 8.05. The van der Waals surface area contributed by atoms with Crippen molar-refractivity contribution in [1.29, 1.82) is 0 Å². The molecule has 32 heavy (non-hydrogen) atoms. The Labute approximate surface area is 187 Å². The van der Waals surface area contributed by atoms with Gasteiger partial charge in [0.1, 0.15) is 17.3 Å². The number of aryl methyl sites for hydroxylation is 1. The molecule has 2 heterocycles. The molecule has 0 saturated heterocycles. The predicted octanol–water partition coefficient (Wildman–Crippen LogP) is 4.01. The Hall–Kier alpha value is -3.61. The van der Waals surface area contributed by atoms with E-state index in [1.54, 1.807) is 32.5 Å². The molecule has 1 aromatic carbocycles. The Morgan fingerprint density at radius 2 is 1.94 bits per heavy atom. The van der Waals surface area contributed by atoms with E-state index in [0.717, 1.165) is 29.7 Å². The van der Waals surface area contributed by atoms with Gasteiger partial charge >= 0.3 is 0 Å². The molecule has 0 spiro atoms. The molecule has 1 aliphatic heterocycles. The van der Waals surface area contributed by atoms with Crippen LogP contribution in [0.2, 0.25) is 0 Å². The molecule has 1 aromatic heterocycles. The lowest BCUT2D eigenvalue weighted by atomic mass is 9.74.